The largest absolute Gasteiger partial charge is 0.491 e. The van der Waals surface area contributed by atoms with Crippen molar-refractivity contribution < 1.29 is 143 Å². The quantitative estimate of drug-likeness (QED) is 0.00744. The zero-order valence-electron chi connectivity index (χ0n) is 86.7. The maximum atomic E-state index is 13.7. The van der Waals surface area contributed by atoms with Gasteiger partial charge in [-0.25, -0.2) is 8.78 Å². The number of hydrogen-bond donors (Lipinski definition) is 16. The number of aliphatic carboxylic acids is 3. The van der Waals surface area contributed by atoms with Crippen LogP contribution in [0.5, 0.6) is 17.2 Å². The summed E-state index contributed by atoms with van der Waals surface area (Å²) >= 11 is 1.47. The minimum Gasteiger partial charge on any atom is -0.491 e. The molecule has 11 rings (SSSR count). The molecule has 0 spiro atoms. The third kappa shape index (κ3) is 50.0. The van der Waals surface area contributed by atoms with Crippen LogP contribution < -0.4 is 14.2 Å². The van der Waals surface area contributed by atoms with E-state index in [1.807, 2.05) is 155 Å². The van der Waals surface area contributed by atoms with Gasteiger partial charge in [0.1, 0.15) is 60.9 Å². The Morgan fingerprint density at radius 3 is 1.54 bits per heavy atom. The highest BCUT2D eigenvalue weighted by Crippen LogP contribution is 2.44. The van der Waals surface area contributed by atoms with E-state index < -0.39 is 109 Å². The van der Waals surface area contributed by atoms with Gasteiger partial charge in [0.15, 0.2) is 11.6 Å². The van der Waals surface area contributed by atoms with Crippen molar-refractivity contribution in [2.75, 3.05) is 32.2 Å². The number of carboxylic acid groups (broad SMARTS) is 3. The molecule has 0 amide bonds. The van der Waals surface area contributed by atoms with Gasteiger partial charge < -0.3 is 105 Å². The fourth-order valence-corrected chi connectivity index (χ4v) is 20.9. The van der Waals surface area contributed by atoms with Crippen molar-refractivity contribution in [3.8, 4) is 17.2 Å². The van der Waals surface area contributed by atoms with Crippen molar-refractivity contribution in [3.63, 3.8) is 0 Å². The van der Waals surface area contributed by atoms with E-state index in [2.05, 4.69) is 30.0 Å². The van der Waals surface area contributed by atoms with Gasteiger partial charge in [-0.3, -0.25) is 28.8 Å². The number of aliphatic hydroxyl groups excluding tert-OH is 13. The molecule has 1 heterocycles. The van der Waals surface area contributed by atoms with Crippen LogP contribution in [0.15, 0.2) is 236 Å². The number of para-hydroxylation sites is 1. The smallest absolute Gasteiger partial charge is 0.306 e. The lowest BCUT2D eigenvalue weighted by Gasteiger charge is -2.23. The number of aryl methyl sites for hydroxylation is 3. The van der Waals surface area contributed by atoms with Crippen LogP contribution in [0.4, 0.5) is 8.78 Å². The number of halogens is 2. The zero-order chi connectivity index (χ0) is 108. The summed E-state index contributed by atoms with van der Waals surface area (Å²) in [5, 5.41) is 159. The molecule has 25 atom stereocenters. The summed E-state index contributed by atoms with van der Waals surface area (Å²) in [5.41, 5.74) is 6.35. The summed E-state index contributed by atoms with van der Waals surface area (Å²) in [6.45, 7) is 8.31. The highest BCUT2D eigenvalue weighted by atomic mass is 32.2. The van der Waals surface area contributed by atoms with Gasteiger partial charge in [0.2, 0.25) is 0 Å². The molecular weight excluding hydrogens is 1930 g/mol. The number of thioether (sulfide) groups is 1. The summed E-state index contributed by atoms with van der Waals surface area (Å²) in [4.78, 5) is 66.9. The third-order valence-electron chi connectivity index (χ3n) is 27.5. The summed E-state index contributed by atoms with van der Waals surface area (Å²) in [6.07, 6.45) is 38.3. The molecule has 5 aromatic carbocycles. The molecular formula is C119H164F2O27S. The van der Waals surface area contributed by atoms with Crippen molar-refractivity contribution in [2.45, 2.75) is 324 Å². The Hall–Kier alpha value is -9.93. The molecule has 1 saturated heterocycles. The van der Waals surface area contributed by atoms with E-state index in [-0.39, 0.29) is 134 Å². The number of allylic oxidation sites excluding steroid dienone is 7. The molecule has 0 radical (unpaired) electrons. The van der Waals surface area contributed by atoms with E-state index in [1.165, 1.54) is 29.0 Å². The van der Waals surface area contributed by atoms with Crippen LogP contribution in [0.25, 0.3) is 0 Å². The fraction of sp³-hybridized carbons (Fsp3) is 0.555. The number of ketones is 2. The number of fused-ring (bicyclic) bond motifs is 1. The number of rotatable bonds is 56. The number of unbranched alkanes of at least 4 members (excludes halogenated alkanes) is 3. The average molecular weight is 2100 g/mol. The van der Waals surface area contributed by atoms with E-state index in [0.717, 1.165) is 87.3 Å². The second kappa shape index (κ2) is 71.1. The van der Waals surface area contributed by atoms with Crippen LogP contribution in [0.3, 0.4) is 0 Å². The van der Waals surface area contributed by atoms with Gasteiger partial charge >= 0.3 is 23.9 Å². The van der Waals surface area contributed by atoms with E-state index in [9.17, 15) is 104 Å². The molecule has 1 aliphatic heterocycles. The monoisotopic (exact) mass is 2100 g/mol. The number of carbonyl (C=O) groups is 6. The molecule has 27 nitrogen and oxygen atoms in total. The maximum Gasteiger partial charge on any atom is 0.306 e. The highest BCUT2D eigenvalue weighted by Gasteiger charge is 2.46. The van der Waals surface area contributed by atoms with Crippen molar-refractivity contribution in [2.24, 2.45) is 59.2 Å². The Morgan fingerprint density at radius 2 is 0.987 bits per heavy atom. The molecule has 6 fully saturated rings. The van der Waals surface area contributed by atoms with Gasteiger partial charge in [-0.15, -0.1) is 5.73 Å². The van der Waals surface area contributed by atoms with Gasteiger partial charge in [0.25, 0.3) is 0 Å². The Balaban J connectivity index is 0.000000252. The molecule has 5 aliphatic carbocycles. The summed E-state index contributed by atoms with van der Waals surface area (Å²) in [5.74, 6) is -3.10. The molecule has 149 heavy (non-hydrogen) atoms. The van der Waals surface area contributed by atoms with E-state index >= 15 is 0 Å². The first-order valence-electron chi connectivity index (χ1n) is 53.1. The van der Waals surface area contributed by atoms with Gasteiger partial charge in [-0.2, -0.15) is 11.8 Å². The second-order valence-electron chi connectivity index (χ2n) is 40.0. The lowest BCUT2D eigenvalue weighted by Crippen LogP contribution is -2.28. The van der Waals surface area contributed by atoms with Crippen LogP contribution in [0, 0.1) is 77.7 Å². The fourth-order valence-electron chi connectivity index (χ4n) is 19.4. The van der Waals surface area contributed by atoms with Crippen molar-refractivity contribution >= 4 is 47.2 Å². The standard InChI is InChI=1S/C26H36F2O6.C26H38O4.C23H32O5.C22H32O6S.C22H26O6/c1-16(2)34-26(31)5-3-4-17-6-9-21-20(23(30)13-24(21)32-14-17)10-8-19(29)15-33-25-12-18(27)7-11-22(25)28;1-2-10-21(27)13-8-3-4-9-14-23-24(26(30)19-25(23)29)18-17-22(28)16-15-20-11-6-5-7-12-20;24-18(13-12-17-8-4-3-5-9-17)14-15-20-19(21(25)16-22(20)26)10-6-1-2-7-11-23(27)28;1-15-7-6-8-17(11-15)28-13-16(23)14-29-22-18(19(24)12-20(22)25)9-4-2-3-5-10-21(26)27;23-16(15-28-17-8-4-3-5-9-17)12-13-19-18(20(24)14-21(19)25)10-6-1-2-7-11-22(26)27/h7-8,10-12,16-17,19-21,23-24,29-30H,3-6,9,13-15H2,1-2H3;4-7,9,11-12,17-18,22-26,28-30H,2-3,8,10,13-16,19H2,1H3;1,3-6,8-9,14-15,18-22,24-26H,2,7,10-13,16H2,(H,27,28);2,4,6-8,11,16,18-20,22-25H,3,5,9-10,12-14H2,1H3,(H,26,27);2-6,8-9,12-13,16,18-19,21,23,25H,7,10-11,14-15H2,(H,26,27)/b10-8+;9-4-,18-17+;6-1-,15-14+;4-2-;13-12+/t17-,19+,20+,21+,23+,24-;22-,23+,24+,25-,26+;18-,19+,20+,21-,22+;16-,18-,19-,20+,22+;1?,16-,18-,19-,21-/m10001/s1. The van der Waals surface area contributed by atoms with Gasteiger partial charge in [0.05, 0.1) is 79.4 Å². The van der Waals surface area contributed by atoms with Crippen LogP contribution >= 0.6 is 11.8 Å². The number of ether oxygens (including phenoxy) is 5. The maximum absolute atomic E-state index is 13.7. The summed E-state index contributed by atoms with van der Waals surface area (Å²) in [6, 6.07) is 39.8. The van der Waals surface area contributed by atoms with Gasteiger partial charge in [0, 0.05) is 130 Å². The second-order valence-corrected chi connectivity index (χ2v) is 41.2. The molecule has 30 heteroatoms. The van der Waals surface area contributed by atoms with Crippen LogP contribution in [-0.2, 0) is 51.1 Å². The minimum absolute atomic E-state index is 0.0271. The molecule has 0 bridgehead atoms. The minimum atomic E-state index is -1.03. The van der Waals surface area contributed by atoms with Crippen molar-refractivity contribution in [1.82, 2.24) is 0 Å². The predicted octanol–water partition coefficient (Wildman–Crippen LogP) is 16.9. The zero-order valence-corrected chi connectivity index (χ0v) is 87.5. The van der Waals surface area contributed by atoms with Gasteiger partial charge in [-0.1, -0.05) is 183 Å². The normalized spacial score (nSPS) is 25.6. The van der Waals surface area contributed by atoms with E-state index in [1.54, 1.807) is 54.7 Å². The number of carbonyl (C=O) groups excluding carboxylic acids is 3. The van der Waals surface area contributed by atoms with Gasteiger partial charge in [-0.05, 0) is 238 Å². The third-order valence-corrected chi connectivity index (χ3v) is 29.1. The molecule has 0 aromatic heterocycles. The Bertz CT molecular complexity index is 4950. The van der Waals surface area contributed by atoms with E-state index in [4.69, 9.17) is 39.0 Å². The van der Waals surface area contributed by atoms with Crippen molar-refractivity contribution in [3.05, 3.63) is 265 Å². The molecule has 822 valence electrons. The predicted molar refractivity (Wildman–Crippen MR) is 570 cm³/mol. The Morgan fingerprint density at radius 1 is 0.483 bits per heavy atom. The first-order chi connectivity index (χ1) is 71.5. The molecule has 6 aliphatic rings. The molecule has 0 unspecified atom stereocenters. The van der Waals surface area contributed by atoms with Crippen molar-refractivity contribution in [1.29, 1.82) is 0 Å². The lowest BCUT2D eigenvalue weighted by atomic mass is 9.86. The number of esters is 1. The number of carboxylic acids is 3. The van der Waals surface area contributed by atoms with Crippen LogP contribution in [0.1, 0.15) is 224 Å². The molecule has 16 N–H and O–H groups in total. The Labute approximate surface area is 882 Å². The number of hydrogen-bond acceptors (Lipinski definition) is 25. The van der Waals surface area contributed by atoms with E-state index in [0.29, 0.717) is 145 Å². The first kappa shape index (κ1) is 126. The summed E-state index contributed by atoms with van der Waals surface area (Å²) < 4.78 is 54.5. The number of Topliss-reactive ketones (excluding diaryl/α,β-unsaturated/α-hetero) is 2. The average Bonchev–Trinajstić information content (AvgIpc) is 1.67. The number of benzene rings is 5. The Kier molecular flexibility index (Phi) is 60.1. The van der Waals surface area contributed by atoms with Crippen LogP contribution in [-0.4, -0.2) is 246 Å². The molecule has 5 aromatic rings. The molecule has 5 saturated carbocycles. The SMILES string of the molecule is CC(C)OC(=O)CCC[C@@H]1CC[C@H]2[C@H](/C=C/[C@H](O)COc3cc(F)ccc3F)[C@@H](O)C[C@H]2OC1.CCCC(=O)CCC/C=C\C[C@@H]1[C@@H](/C=C/[C@@H](O)CCc2ccccc2)[C@H](O)C[C@@H]1O.Cc1cccc(OC[C@H](O)CS[C@@H]2[C@@H](C/C=C\CCCC(=O)O)[C@@H](O)C[C@H]2O)c1.O=C(O)CCC/C=C\C[C@@H]1[C@@H](/C=C/[C@@H](O)CCc2ccccc2)[C@H](O)C[C@@H]1O.O=C(O)CCC=C=CC[C@H]1C(=O)C[C@@H](O)[C@@H]1/C=C/[C@@H](O)COc1ccccc1. The number of aliphatic hydroxyl groups is 13. The highest BCUT2D eigenvalue weighted by molar-refractivity contribution is 8.00. The lowest BCUT2D eigenvalue weighted by molar-refractivity contribution is -0.147. The van der Waals surface area contributed by atoms with Crippen LogP contribution in [0.2, 0.25) is 0 Å². The summed E-state index contributed by atoms with van der Waals surface area (Å²) in [7, 11) is 0. The topological polar surface area (TPSA) is 472 Å². The first-order valence-corrected chi connectivity index (χ1v) is 54.2.